The van der Waals surface area contributed by atoms with Gasteiger partial charge in [0.2, 0.25) is 0 Å². The Kier molecular flexibility index (Phi) is 3.04. The number of rotatable bonds is 3. The van der Waals surface area contributed by atoms with E-state index in [2.05, 4.69) is 26.2 Å². The highest BCUT2D eigenvalue weighted by molar-refractivity contribution is 9.10. The second kappa shape index (κ2) is 4.95. The molecule has 1 heterocycles. The van der Waals surface area contributed by atoms with Crippen molar-refractivity contribution in [2.45, 2.75) is 18.9 Å². The van der Waals surface area contributed by atoms with Crippen LogP contribution in [0.4, 0.5) is 5.82 Å². The monoisotopic (exact) mass is 356 g/mol. The lowest BCUT2D eigenvalue weighted by molar-refractivity contribution is 0.0697. The molecule has 0 unspecified atom stereocenters. The molecule has 2 aromatic carbocycles. The maximum absolute atomic E-state index is 11.2. The number of fused-ring (bicyclic) bond motifs is 3. The van der Waals surface area contributed by atoms with Crippen LogP contribution in [-0.2, 0) is 0 Å². The summed E-state index contributed by atoms with van der Waals surface area (Å²) in [5, 5.41) is 16.7. The molecule has 0 aliphatic heterocycles. The number of pyridine rings is 1. The number of nitrogens with zero attached hydrogens (tertiary/aromatic N) is 1. The maximum atomic E-state index is 11.2. The van der Waals surface area contributed by atoms with Crippen LogP contribution in [0, 0.1) is 0 Å². The van der Waals surface area contributed by atoms with Gasteiger partial charge in [0.25, 0.3) is 0 Å². The van der Waals surface area contributed by atoms with Gasteiger partial charge in [-0.3, -0.25) is 0 Å². The van der Waals surface area contributed by atoms with Crippen molar-refractivity contribution < 1.29 is 9.90 Å². The molecule has 22 heavy (non-hydrogen) atoms. The van der Waals surface area contributed by atoms with E-state index in [-0.39, 0.29) is 0 Å². The van der Waals surface area contributed by atoms with E-state index in [1.54, 1.807) is 18.3 Å². The number of halogens is 1. The van der Waals surface area contributed by atoms with E-state index in [0.717, 1.165) is 31.8 Å². The van der Waals surface area contributed by atoms with Crippen molar-refractivity contribution >= 4 is 49.3 Å². The molecule has 0 radical (unpaired) electrons. The molecule has 110 valence electrons. The molecule has 0 amide bonds. The third-order valence-corrected chi connectivity index (χ3v) is 4.63. The standard InChI is InChI=1S/C17H13BrN2O2/c18-14-8-10-7-9(17(21)22)1-4-12(10)15-13(14)5-6-19-16(15)20-11-2-3-11/h1,4-8,11H,2-3H2,(H,19,20)(H,21,22). The Labute approximate surface area is 135 Å². The van der Waals surface area contributed by atoms with Gasteiger partial charge >= 0.3 is 5.97 Å². The fourth-order valence-corrected chi connectivity index (χ4v) is 3.30. The molecular weight excluding hydrogens is 344 g/mol. The molecule has 0 saturated heterocycles. The van der Waals surface area contributed by atoms with Crippen LogP contribution in [-0.4, -0.2) is 22.1 Å². The summed E-state index contributed by atoms with van der Waals surface area (Å²) in [6, 6.07) is 9.66. The molecule has 3 aromatic rings. The van der Waals surface area contributed by atoms with Crippen LogP contribution in [0.25, 0.3) is 21.5 Å². The van der Waals surface area contributed by atoms with Gasteiger partial charge in [0.1, 0.15) is 5.82 Å². The Balaban J connectivity index is 2.05. The van der Waals surface area contributed by atoms with Gasteiger partial charge in [-0.1, -0.05) is 22.0 Å². The first-order valence-corrected chi connectivity index (χ1v) is 7.93. The predicted octanol–water partition coefficient (Wildman–Crippen LogP) is 4.42. The first-order chi connectivity index (χ1) is 10.6. The Bertz CT molecular complexity index is 919. The molecule has 1 aliphatic rings. The number of anilines is 1. The molecular formula is C17H13BrN2O2. The average Bonchev–Trinajstić information content (AvgIpc) is 3.31. The molecule has 4 nitrogen and oxygen atoms in total. The lowest BCUT2D eigenvalue weighted by atomic mass is 10.0. The summed E-state index contributed by atoms with van der Waals surface area (Å²) in [7, 11) is 0. The first-order valence-electron chi connectivity index (χ1n) is 7.14. The minimum Gasteiger partial charge on any atom is -0.478 e. The minimum absolute atomic E-state index is 0.291. The van der Waals surface area contributed by atoms with Crippen molar-refractivity contribution in [2.24, 2.45) is 0 Å². The van der Waals surface area contributed by atoms with E-state index in [4.69, 9.17) is 0 Å². The summed E-state index contributed by atoms with van der Waals surface area (Å²) in [6.45, 7) is 0. The summed E-state index contributed by atoms with van der Waals surface area (Å²) in [6.07, 6.45) is 4.15. The molecule has 1 aromatic heterocycles. The first kappa shape index (κ1) is 13.5. The van der Waals surface area contributed by atoms with Crippen LogP contribution in [0.1, 0.15) is 23.2 Å². The van der Waals surface area contributed by atoms with E-state index in [9.17, 15) is 9.90 Å². The predicted molar refractivity (Wildman–Crippen MR) is 90.6 cm³/mol. The number of carboxylic acids is 1. The Morgan fingerprint density at radius 3 is 2.77 bits per heavy atom. The zero-order valence-corrected chi connectivity index (χ0v) is 13.2. The van der Waals surface area contributed by atoms with E-state index < -0.39 is 5.97 Å². The number of benzene rings is 2. The quantitative estimate of drug-likeness (QED) is 0.681. The topological polar surface area (TPSA) is 62.2 Å². The number of nitrogens with one attached hydrogen (secondary N) is 1. The molecule has 0 bridgehead atoms. The summed E-state index contributed by atoms with van der Waals surface area (Å²) in [4.78, 5) is 15.7. The van der Waals surface area contributed by atoms with Crippen LogP contribution < -0.4 is 5.32 Å². The Hall–Kier alpha value is -2.14. The highest BCUT2D eigenvalue weighted by Crippen LogP contribution is 2.37. The van der Waals surface area contributed by atoms with Gasteiger partial charge in [-0.05, 0) is 47.9 Å². The van der Waals surface area contributed by atoms with Gasteiger partial charge in [0, 0.05) is 27.5 Å². The average molecular weight is 357 g/mol. The van der Waals surface area contributed by atoms with E-state index in [1.807, 2.05) is 18.2 Å². The molecule has 0 atom stereocenters. The zero-order valence-electron chi connectivity index (χ0n) is 11.6. The number of aromatic nitrogens is 1. The van der Waals surface area contributed by atoms with Gasteiger partial charge < -0.3 is 10.4 Å². The lowest BCUT2D eigenvalue weighted by Crippen LogP contribution is -2.04. The van der Waals surface area contributed by atoms with Gasteiger partial charge in [0.15, 0.2) is 0 Å². The highest BCUT2D eigenvalue weighted by Gasteiger charge is 2.23. The SMILES string of the molecule is O=C(O)c1ccc2c(c1)cc(Br)c1ccnc(NC3CC3)c12. The number of carbonyl (C=O) groups is 1. The molecule has 1 aliphatic carbocycles. The van der Waals surface area contributed by atoms with Crippen LogP contribution in [0.2, 0.25) is 0 Å². The minimum atomic E-state index is -0.916. The Morgan fingerprint density at radius 1 is 1.23 bits per heavy atom. The van der Waals surface area contributed by atoms with E-state index in [1.165, 1.54) is 12.8 Å². The largest absolute Gasteiger partial charge is 0.478 e. The van der Waals surface area contributed by atoms with Crippen molar-refractivity contribution in [3.63, 3.8) is 0 Å². The normalized spacial score (nSPS) is 14.4. The third-order valence-electron chi connectivity index (χ3n) is 3.98. The van der Waals surface area contributed by atoms with Crippen LogP contribution in [0.3, 0.4) is 0 Å². The van der Waals surface area contributed by atoms with Crippen LogP contribution >= 0.6 is 15.9 Å². The van der Waals surface area contributed by atoms with Crippen molar-refractivity contribution in [3.8, 4) is 0 Å². The molecule has 0 spiro atoms. The maximum Gasteiger partial charge on any atom is 0.335 e. The lowest BCUT2D eigenvalue weighted by Gasteiger charge is -2.12. The van der Waals surface area contributed by atoms with Gasteiger partial charge in [-0.15, -0.1) is 0 Å². The van der Waals surface area contributed by atoms with Crippen molar-refractivity contribution in [1.29, 1.82) is 0 Å². The van der Waals surface area contributed by atoms with Crippen molar-refractivity contribution in [1.82, 2.24) is 4.98 Å². The number of carboxylic acid groups (broad SMARTS) is 1. The summed E-state index contributed by atoms with van der Waals surface area (Å²) in [5.41, 5.74) is 0.291. The zero-order chi connectivity index (χ0) is 15.3. The van der Waals surface area contributed by atoms with Gasteiger partial charge in [-0.2, -0.15) is 0 Å². The highest BCUT2D eigenvalue weighted by atomic mass is 79.9. The number of hydrogen-bond acceptors (Lipinski definition) is 3. The summed E-state index contributed by atoms with van der Waals surface area (Å²) >= 11 is 3.59. The second-order valence-corrected chi connectivity index (χ2v) is 6.45. The molecule has 5 heteroatoms. The van der Waals surface area contributed by atoms with Crippen LogP contribution in [0.5, 0.6) is 0 Å². The third kappa shape index (κ3) is 2.22. The van der Waals surface area contributed by atoms with Crippen molar-refractivity contribution in [3.05, 3.63) is 46.6 Å². The second-order valence-electron chi connectivity index (χ2n) is 5.60. The Morgan fingerprint density at radius 2 is 2.05 bits per heavy atom. The van der Waals surface area contributed by atoms with E-state index in [0.29, 0.717) is 11.6 Å². The molecule has 1 fully saturated rings. The molecule has 1 saturated carbocycles. The van der Waals surface area contributed by atoms with Crippen molar-refractivity contribution in [2.75, 3.05) is 5.32 Å². The van der Waals surface area contributed by atoms with Gasteiger partial charge in [0.05, 0.1) is 5.56 Å². The summed E-state index contributed by atoms with van der Waals surface area (Å²) in [5.74, 6) is -0.0463. The fourth-order valence-electron chi connectivity index (χ4n) is 2.72. The molecule has 2 N–H and O–H groups in total. The van der Waals surface area contributed by atoms with Gasteiger partial charge in [-0.25, -0.2) is 9.78 Å². The molecule has 4 rings (SSSR count). The van der Waals surface area contributed by atoms with Crippen LogP contribution in [0.15, 0.2) is 41.0 Å². The van der Waals surface area contributed by atoms with E-state index >= 15 is 0 Å². The number of hydrogen-bond donors (Lipinski definition) is 2. The fraction of sp³-hybridized carbons (Fsp3) is 0.176. The number of aromatic carboxylic acids is 1. The summed E-state index contributed by atoms with van der Waals surface area (Å²) < 4.78 is 0.943. The smallest absolute Gasteiger partial charge is 0.335 e.